The van der Waals surface area contributed by atoms with E-state index in [-0.39, 0.29) is 5.41 Å². The zero-order valence-electron chi connectivity index (χ0n) is 36.1. The highest BCUT2D eigenvalue weighted by molar-refractivity contribution is 6.25. The van der Waals surface area contributed by atoms with E-state index in [2.05, 4.69) is 243 Å². The van der Waals surface area contributed by atoms with Crippen molar-refractivity contribution < 1.29 is 0 Å². The predicted molar refractivity (Wildman–Crippen MR) is 272 cm³/mol. The van der Waals surface area contributed by atoms with E-state index >= 15 is 0 Å². The minimum atomic E-state index is -0.0719. The summed E-state index contributed by atoms with van der Waals surface area (Å²) < 4.78 is 2.39. The molecule has 0 saturated heterocycles. The topological polar surface area (TPSA) is 8.17 Å². The number of nitrogens with zero attached hydrogens (tertiary/aromatic N) is 2. The fourth-order valence-electron chi connectivity index (χ4n) is 11.0. The molecule has 0 amide bonds. The minimum Gasteiger partial charge on any atom is -0.310 e. The first kappa shape index (κ1) is 36.7. The van der Waals surface area contributed by atoms with Crippen molar-refractivity contribution >= 4 is 71.2 Å². The smallest absolute Gasteiger partial charge is 0.0541 e. The largest absolute Gasteiger partial charge is 0.310 e. The molecule has 0 spiro atoms. The summed E-state index contributed by atoms with van der Waals surface area (Å²) in [6.07, 6.45) is 0. The molecule has 2 nitrogen and oxygen atoms in total. The molecule has 0 bridgehead atoms. The van der Waals surface area contributed by atoms with Crippen LogP contribution >= 0.6 is 0 Å². The van der Waals surface area contributed by atoms with E-state index < -0.39 is 0 Å². The van der Waals surface area contributed by atoms with Gasteiger partial charge in [-0.3, -0.25) is 0 Å². The maximum atomic E-state index is 2.46. The van der Waals surface area contributed by atoms with Crippen LogP contribution in [0.1, 0.15) is 30.5 Å². The number of hydrogen-bond donors (Lipinski definition) is 0. The first-order valence-corrected chi connectivity index (χ1v) is 22.4. The molecule has 0 N–H and O–H groups in total. The highest BCUT2D eigenvalue weighted by Crippen LogP contribution is 2.50. The minimum absolute atomic E-state index is 0.0719. The molecule has 13 rings (SSSR count). The Bertz CT molecular complexity index is 3800. The van der Waals surface area contributed by atoms with Gasteiger partial charge in [0.1, 0.15) is 0 Å². The molecule has 0 aliphatic heterocycles. The monoisotopic (exact) mass is 816 g/mol. The first-order valence-electron chi connectivity index (χ1n) is 22.4. The van der Waals surface area contributed by atoms with E-state index in [4.69, 9.17) is 0 Å². The molecule has 1 aliphatic rings. The highest BCUT2D eigenvalue weighted by atomic mass is 15.1. The molecule has 11 aromatic carbocycles. The number of rotatable bonds is 6. The number of aromatic nitrogens is 1. The van der Waals surface area contributed by atoms with E-state index in [1.807, 2.05) is 0 Å². The highest BCUT2D eigenvalue weighted by Gasteiger charge is 2.35. The lowest BCUT2D eigenvalue weighted by Crippen LogP contribution is -2.14. The van der Waals surface area contributed by atoms with E-state index in [0.717, 1.165) is 17.1 Å². The van der Waals surface area contributed by atoms with Gasteiger partial charge in [0.25, 0.3) is 0 Å². The van der Waals surface area contributed by atoms with Crippen molar-refractivity contribution in [2.45, 2.75) is 26.2 Å². The summed E-state index contributed by atoms with van der Waals surface area (Å²) in [5.41, 5.74) is 18.5. The van der Waals surface area contributed by atoms with Gasteiger partial charge in [-0.05, 0) is 151 Å². The van der Waals surface area contributed by atoms with Crippen LogP contribution in [0.25, 0.3) is 93.2 Å². The van der Waals surface area contributed by atoms with Gasteiger partial charge in [-0.1, -0.05) is 159 Å². The molecule has 0 saturated carbocycles. The van der Waals surface area contributed by atoms with Gasteiger partial charge in [0.2, 0.25) is 0 Å². The van der Waals surface area contributed by atoms with Crippen molar-refractivity contribution in [3.63, 3.8) is 0 Å². The molecule has 0 unspecified atom stereocenters. The molecule has 2 heteroatoms. The third kappa shape index (κ3) is 5.45. The molecule has 0 radical (unpaired) electrons. The average molecular weight is 817 g/mol. The van der Waals surface area contributed by atoms with Crippen LogP contribution in [0.5, 0.6) is 0 Å². The molecule has 12 aromatic rings. The van der Waals surface area contributed by atoms with E-state index in [1.54, 1.807) is 0 Å². The Morgan fingerprint density at radius 1 is 0.391 bits per heavy atom. The van der Waals surface area contributed by atoms with Crippen molar-refractivity contribution in [3.05, 3.63) is 229 Å². The zero-order valence-corrected chi connectivity index (χ0v) is 36.1. The second-order valence-electron chi connectivity index (χ2n) is 18.2. The van der Waals surface area contributed by atoms with Crippen LogP contribution < -0.4 is 4.90 Å². The third-order valence-corrected chi connectivity index (χ3v) is 14.2. The van der Waals surface area contributed by atoms with Gasteiger partial charge >= 0.3 is 0 Å². The fraction of sp³-hybridized carbons (Fsp3) is 0.0645. The second-order valence-corrected chi connectivity index (χ2v) is 18.2. The van der Waals surface area contributed by atoms with Crippen molar-refractivity contribution in [2.75, 3.05) is 4.90 Å². The van der Waals surface area contributed by atoms with Crippen molar-refractivity contribution in [3.8, 4) is 39.1 Å². The standard InChI is InChI=1S/C62H44N2/c1-39-19-32-58-53(35-39)54-37-45(27-34-59(54)64(58)47-14-5-4-6-15-47)40-22-28-48(29-23-40)63(57-33-26-43-21-20-41-11-9-12-42-24-31-52(57)61(43)60(41)42)49-16-10-13-44(36-49)46-25-30-51-50-17-7-8-18-55(50)62(2,3)56(51)38-46/h4-38H,1-3H3. The number of fused-ring (bicyclic) bond motifs is 6. The number of para-hydroxylation sites is 1. The lowest BCUT2D eigenvalue weighted by atomic mass is 9.81. The van der Waals surface area contributed by atoms with Crippen LogP contribution in [0.4, 0.5) is 17.1 Å². The third-order valence-electron chi connectivity index (χ3n) is 14.2. The van der Waals surface area contributed by atoms with Crippen LogP contribution in [0, 0.1) is 6.92 Å². The Kier molecular flexibility index (Phi) is 7.90. The Morgan fingerprint density at radius 3 is 1.84 bits per heavy atom. The summed E-state index contributed by atoms with van der Waals surface area (Å²) >= 11 is 0. The van der Waals surface area contributed by atoms with Crippen molar-refractivity contribution in [1.82, 2.24) is 4.57 Å². The van der Waals surface area contributed by atoms with Crippen LogP contribution in [0.3, 0.4) is 0 Å². The Balaban J connectivity index is 0.962. The molecule has 1 aromatic heterocycles. The van der Waals surface area contributed by atoms with Crippen LogP contribution in [-0.2, 0) is 5.41 Å². The van der Waals surface area contributed by atoms with Gasteiger partial charge in [-0.15, -0.1) is 0 Å². The summed E-state index contributed by atoms with van der Waals surface area (Å²) in [6, 6.07) is 79.2. The average Bonchev–Trinajstić information content (AvgIpc) is 3.78. The van der Waals surface area contributed by atoms with E-state index in [9.17, 15) is 0 Å². The Hall–Kier alpha value is -7.94. The van der Waals surface area contributed by atoms with Crippen molar-refractivity contribution in [2.24, 2.45) is 0 Å². The molecule has 0 fully saturated rings. The second kappa shape index (κ2) is 13.8. The lowest BCUT2D eigenvalue weighted by Gasteiger charge is -2.28. The van der Waals surface area contributed by atoms with Crippen LogP contribution in [0.2, 0.25) is 0 Å². The van der Waals surface area contributed by atoms with Gasteiger partial charge in [0.05, 0.1) is 16.7 Å². The Morgan fingerprint density at radius 2 is 1.02 bits per heavy atom. The summed E-state index contributed by atoms with van der Waals surface area (Å²) in [4.78, 5) is 2.46. The number of hydrogen-bond acceptors (Lipinski definition) is 1. The summed E-state index contributed by atoms with van der Waals surface area (Å²) in [5.74, 6) is 0. The summed E-state index contributed by atoms with van der Waals surface area (Å²) in [7, 11) is 0. The molecule has 64 heavy (non-hydrogen) atoms. The molecule has 1 heterocycles. The van der Waals surface area contributed by atoms with Gasteiger partial charge in [0, 0.05) is 38.6 Å². The summed E-state index contributed by atoms with van der Waals surface area (Å²) in [5, 5.41) is 10.2. The van der Waals surface area contributed by atoms with Gasteiger partial charge in [-0.25, -0.2) is 0 Å². The zero-order chi connectivity index (χ0) is 42.7. The maximum absolute atomic E-state index is 2.46. The summed E-state index contributed by atoms with van der Waals surface area (Å²) in [6.45, 7) is 6.90. The number of aryl methyl sites for hydroxylation is 1. The van der Waals surface area contributed by atoms with Gasteiger partial charge in [0.15, 0.2) is 0 Å². The lowest BCUT2D eigenvalue weighted by molar-refractivity contribution is 0.660. The van der Waals surface area contributed by atoms with Crippen LogP contribution in [0.15, 0.2) is 212 Å². The Labute approximate surface area is 373 Å². The molecule has 302 valence electrons. The first-order chi connectivity index (χ1) is 31.4. The fourth-order valence-corrected chi connectivity index (χ4v) is 11.0. The van der Waals surface area contributed by atoms with E-state index in [1.165, 1.54) is 110 Å². The van der Waals surface area contributed by atoms with Gasteiger partial charge in [-0.2, -0.15) is 0 Å². The molecular formula is C62H44N2. The van der Waals surface area contributed by atoms with Crippen molar-refractivity contribution in [1.29, 1.82) is 0 Å². The molecule has 0 atom stereocenters. The quantitative estimate of drug-likeness (QED) is 0.152. The van der Waals surface area contributed by atoms with Crippen LogP contribution in [-0.4, -0.2) is 4.57 Å². The molecular weight excluding hydrogens is 773 g/mol. The SMILES string of the molecule is Cc1ccc2c(c1)c1cc(-c3ccc(N(c4cccc(-c5ccc6c(c5)C(C)(C)c5ccccc5-6)c4)c4ccc5ccc6cccc7ccc4c5c67)cc3)ccc1n2-c1ccccc1. The number of anilines is 3. The van der Waals surface area contributed by atoms with Gasteiger partial charge < -0.3 is 9.47 Å². The number of benzene rings is 11. The van der Waals surface area contributed by atoms with E-state index in [0.29, 0.717) is 0 Å². The predicted octanol–water partition coefficient (Wildman–Crippen LogP) is 17.1. The molecule has 1 aliphatic carbocycles. The maximum Gasteiger partial charge on any atom is 0.0541 e. The normalized spacial score (nSPS) is 13.0.